The Bertz CT molecular complexity index is 770. The maximum absolute atomic E-state index is 11.8. The van der Waals surface area contributed by atoms with Gasteiger partial charge in [0, 0.05) is 10.6 Å². The molecule has 0 spiro atoms. The van der Waals surface area contributed by atoms with E-state index in [0.29, 0.717) is 18.1 Å². The van der Waals surface area contributed by atoms with Gasteiger partial charge >= 0.3 is 0 Å². The predicted molar refractivity (Wildman–Crippen MR) is 86.5 cm³/mol. The number of piperazine rings is 1. The van der Waals surface area contributed by atoms with E-state index < -0.39 is 0 Å². The van der Waals surface area contributed by atoms with Crippen LogP contribution in [0.2, 0.25) is 5.02 Å². The normalized spacial score (nSPS) is 19.9. The van der Waals surface area contributed by atoms with Crippen LogP contribution >= 0.6 is 11.6 Å². The van der Waals surface area contributed by atoms with E-state index in [1.54, 1.807) is 0 Å². The number of carbonyl (C=O) groups excluding carboxylic acids is 1. The molecular weight excluding hydrogens is 298 g/mol. The molecule has 22 heavy (non-hydrogen) atoms. The van der Waals surface area contributed by atoms with E-state index in [9.17, 15) is 4.79 Å². The first-order chi connectivity index (χ1) is 10.7. The van der Waals surface area contributed by atoms with Crippen molar-refractivity contribution in [3.8, 4) is 0 Å². The molecule has 2 aliphatic rings. The Morgan fingerprint density at radius 1 is 1.14 bits per heavy atom. The summed E-state index contributed by atoms with van der Waals surface area (Å²) in [5.74, 6) is 0.926. The molecule has 2 aliphatic heterocycles. The fraction of sp³-hybridized carbons (Fsp3) is 0.176. The molecule has 1 atom stereocenters. The van der Waals surface area contributed by atoms with Gasteiger partial charge in [-0.25, -0.2) is 4.99 Å². The molecule has 0 unspecified atom stereocenters. The SMILES string of the molecule is O=C1CN2C(=Nc3ccccc3[C@@H]2c2ccc(Cl)cc2)CN1. The number of nitrogens with one attached hydrogen (secondary N) is 1. The Morgan fingerprint density at radius 3 is 2.73 bits per heavy atom. The molecule has 1 saturated heterocycles. The molecule has 0 saturated carbocycles. The van der Waals surface area contributed by atoms with Crippen LogP contribution in [0.15, 0.2) is 53.5 Å². The molecule has 2 heterocycles. The molecule has 0 aliphatic carbocycles. The van der Waals surface area contributed by atoms with Gasteiger partial charge in [0.2, 0.25) is 5.91 Å². The molecule has 110 valence electrons. The van der Waals surface area contributed by atoms with Crippen LogP contribution in [0.1, 0.15) is 17.2 Å². The molecule has 1 N–H and O–H groups in total. The Hall–Kier alpha value is -2.33. The highest BCUT2D eigenvalue weighted by Gasteiger charge is 2.34. The molecule has 0 radical (unpaired) electrons. The zero-order valence-electron chi connectivity index (χ0n) is 11.8. The standard InChI is InChI=1S/C17H14ClN3O/c18-12-7-5-11(6-8-12)17-13-3-1-2-4-14(13)20-15-9-19-16(22)10-21(15)17/h1-8,17H,9-10H2,(H,19,22)/t17-/m0/s1. The monoisotopic (exact) mass is 311 g/mol. The number of carbonyl (C=O) groups is 1. The Labute approximate surface area is 133 Å². The minimum absolute atomic E-state index is 0.00739. The van der Waals surface area contributed by atoms with E-state index >= 15 is 0 Å². The number of amidine groups is 1. The second-order valence-corrected chi connectivity index (χ2v) is 5.88. The highest BCUT2D eigenvalue weighted by molar-refractivity contribution is 6.30. The summed E-state index contributed by atoms with van der Waals surface area (Å²) in [6.07, 6.45) is 0. The molecule has 4 rings (SSSR count). The van der Waals surface area contributed by atoms with Crippen LogP contribution in [-0.2, 0) is 4.79 Å². The minimum atomic E-state index is -0.00739. The van der Waals surface area contributed by atoms with Crippen LogP contribution in [0.4, 0.5) is 5.69 Å². The first kappa shape index (κ1) is 13.3. The van der Waals surface area contributed by atoms with E-state index in [0.717, 1.165) is 22.6 Å². The lowest BCUT2D eigenvalue weighted by Gasteiger charge is -2.40. The van der Waals surface area contributed by atoms with Crippen molar-refractivity contribution in [3.63, 3.8) is 0 Å². The predicted octanol–water partition coefficient (Wildman–Crippen LogP) is 2.90. The first-order valence-electron chi connectivity index (χ1n) is 7.18. The van der Waals surface area contributed by atoms with E-state index in [2.05, 4.69) is 16.3 Å². The maximum Gasteiger partial charge on any atom is 0.239 e. The molecule has 0 bridgehead atoms. The quantitative estimate of drug-likeness (QED) is 0.880. The van der Waals surface area contributed by atoms with Crippen molar-refractivity contribution < 1.29 is 4.79 Å². The molecule has 1 fully saturated rings. The molecular formula is C17H14ClN3O. The zero-order chi connectivity index (χ0) is 15.1. The van der Waals surface area contributed by atoms with Gasteiger partial charge in [0.15, 0.2) is 0 Å². The fourth-order valence-corrected chi connectivity index (χ4v) is 3.18. The summed E-state index contributed by atoms with van der Waals surface area (Å²) >= 11 is 6.01. The van der Waals surface area contributed by atoms with Crippen LogP contribution in [0.3, 0.4) is 0 Å². The lowest BCUT2D eigenvalue weighted by Crippen LogP contribution is -2.53. The van der Waals surface area contributed by atoms with E-state index in [4.69, 9.17) is 16.6 Å². The van der Waals surface area contributed by atoms with Gasteiger partial charge < -0.3 is 10.2 Å². The van der Waals surface area contributed by atoms with Gasteiger partial charge in [-0.2, -0.15) is 0 Å². The minimum Gasteiger partial charge on any atom is -0.347 e. The maximum atomic E-state index is 11.8. The number of rotatable bonds is 1. The molecule has 4 nitrogen and oxygen atoms in total. The zero-order valence-corrected chi connectivity index (χ0v) is 12.5. The van der Waals surface area contributed by atoms with E-state index in [1.165, 1.54) is 0 Å². The van der Waals surface area contributed by atoms with Crippen LogP contribution in [-0.4, -0.2) is 29.7 Å². The number of para-hydroxylation sites is 1. The number of amides is 1. The van der Waals surface area contributed by atoms with Crippen LogP contribution < -0.4 is 5.32 Å². The Balaban J connectivity index is 1.87. The fourth-order valence-electron chi connectivity index (χ4n) is 3.06. The number of benzene rings is 2. The van der Waals surface area contributed by atoms with E-state index in [1.807, 2.05) is 42.5 Å². The number of halogens is 1. The third-order valence-corrected chi connectivity index (χ3v) is 4.32. The third-order valence-electron chi connectivity index (χ3n) is 4.07. The van der Waals surface area contributed by atoms with Crippen LogP contribution in [0, 0.1) is 0 Å². The number of hydrogen-bond acceptors (Lipinski definition) is 3. The lowest BCUT2D eigenvalue weighted by atomic mass is 9.93. The third kappa shape index (κ3) is 2.16. The highest BCUT2D eigenvalue weighted by Crippen LogP contribution is 2.39. The van der Waals surface area contributed by atoms with Crippen molar-refractivity contribution >= 4 is 29.0 Å². The molecule has 0 aromatic heterocycles. The summed E-state index contributed by atoms with van der Waals surface area (Å²) in [6, 6.07) is 15.9. The number of fused-ring (bicyclic) bond motifs is 2. The lowest BCUT2D eigenvalue weighted by molar-refractivity contribution is -0.122. The molecule has 5 heteroatoms. The highest BCUT2D eigenvalue weighted by atomic mass is 35.5. The summed E-state index contributed by atoms with van der Waals surface area (Å²) in [4.78, 5) is 18.6. The van der Waals surface area contributed by atoms with Crippen molar-refractivity contribution in [2.75, 3.05) is 13.1 Å². The summed E-state index contributed by atoms with van der Waals surface area (Å²) in [5, 5.41) is 3.57. The molecule has 2 aromatic carbocycles. The van der Waals surface area contributed by atoms with Crippen molar-refractivity contribution in [1.29, 1.82) is 0 Å². The topological polar surface area (TPSA) is 44.7 Å². The first-order valence-corrected chi connectivity index (χ1v) is 7.55. The summed E-state index contributed by atoms with van der Waals surface area (Å²) in [5.41, 5.74) is 3.19. The van der Waals surface area contributed by atoms with Crippen molar-refractivity contribution in [2.45, 2.75) is 6.04 Å². The van der Waals surface area contributed by atoms with Gasteiger partial charge in [-0.3, -0.25) is 4.79 Å². The van der Waals surface area contributed by atoms with Crippen molar-refractivity contribution in [3.05, 3.63) is 64.7 Å². The van der Waals surface area contributed by atoms with Crippen LogP contribution in [0.25, 0.3) is 0 Å². The van der Waals surface area contributed by atoms with Gasteiger partial charge in [0.05, 0.1) is 24.8 Å². The average molecular weight is 312 g/mol. The number of hydrogen-bond donors (Lipinski definition) is 1. The summed E-state index contributed by atoms with van der Waals surface area (Å²) < 4.78 is 0. The summed E-state index contributed by atoms with van der Waals surface area (Å²) in [6.45, 7) is 0.789. The second kappa shape index (κ2) is 5.14. The Morgan fingerprint density at radius 2 is 1.91 bits per heavy atom. The number of nitrogens with zero attached hydrogens (tertiary/aromatic N) is 2. The van der Waals surface area contributed by atoms with Crippen LogP contribution in [0.5, 0.6) is 0 Å². The van der Waals surface area contributed by atoms with Gasteiger partial charge in [0.1, 0.15) is 5.84 Å². The van der Waals surface area contributed by atoms with Crippen molar-refractivity contribution in [1.82, 2.24) is 10.2 Å². The van der Waals surface area contributed by atoms with Gasteiger partial charge in [-0.15, -0.1) is 0 Å². The molecule has 1 amide bonds. The smallest absolute Gasteiger partial charge is 0.239 e. The van der Waals surface area contributed by atoms with Gasteiger partial charge in [-0.1, -0.05) is 41.9 Å². The second-order valence-electron chi connectivity index (χ2n) is 5.45. The summed E-state index contributed by atoms with van der Waals surface area (Å²) in [7, 11) is 0. The van der Waals surface area contributed by atoms with Gasteiger partial charge in [-0.05, 0) is 23.8 Å². The van der Waals surface area contributed by atoms with E-state index in [-0.39, 0.29) is 11.9 Å². The Kier molecular flexibility index (Phi) is 3.12. The molecule has 2 aromatic rings. The largest absolute Gasteiger partial charge is 0.347 e. The van der Waals surface area contributed by atoms with Gasteiger partial charge in [0.25, 0.3) is 0 Å². The number of aliphatic imine (C=N–C) groups is 1. The average Bonchev–Trinajstić information content (AvgIpc) is 2.54. The van der Waals surface area contributed by atoms with Crippen molar-refractivity contribution in [2.24, 2.45) is 4.99 Å².